The van der Waals surface area contributed by atoms with Crippen molar-refractivity contribution in [3.63, 3.8) is 0 Å². The maximum Gasteiger partial charge on any atom is 0.271 e. The zero-order valence-corrected chi connectivity index (χ0v) is 9.72. The second-order valence-corrected chi connectivity index (χ2v) is 3.94. The summed E-state index contributed by atoms with van der Waals surface area (Å²) in [6.45, 7) is 0. The van der Waals surface area contributed by atoms with Crippen molar-refractivity contribution in [2.24, 2.45) is 0 Å². The smallest absolute Gasteiger partial charge is 0.271 e. The molecule has 0 aliphatic carbocycles. The van der Waals surface area contributed by atoms with Gasteiger partial charge in [-0.05, 0) is 23.4 Å². The average Bonchev–Trinajstić information content (AvgIpc) is 2.99. The third-order valence-corrected chi connectivity index (χ3v) is 2.71. The first-order chi connectivity index (χ1) is 9.58. The van der Waals surface area contributed by atoms with Crippen molar-refractivity contribution in [2.45, 2.75) is 0 Å². The highest BCUT2D eigenvalue weighted by molar-refractivity contribution is 5.72. The Hall–Kier alpha value is -3.10. The van der Waals surface area contributed by atoms with Gasteiger partial charge >= 0.3 is 0 Å². The first kappa shape index (κ1) is 12.0. The number of H-pyrrole nitrogens is 1. The molecule has 1 heterocycles. The van der Waals surface area contributed by atoms with Gasteiger partial charge in [-0.1, -0.05) is 0 Å². The van der Waals surface area contributed by atoms with Crippen LogP contribution in [0.1, 0.15) is 0 Å². The number of benzene rings is 1. The molecule has 0 bridgehead atoms. The summed E-state index contributed by atoms with van der Waals surface area (Å²) in [5.41, 5.74) is -1.64. The molecule has 0 spiro atoms. The van der Waals surface area contributed by atoms with E-state index >= 15 is 0 Å². The predicted molar refractivity (Wildman–Crippen MR) is 65.9 cm³/mol. The van der Waals surface area contributed by atoms with Crippen molar-refractivity contribution in [1.82, 2.24) is 20.6 Å². The second kappa shape index (κ2) is 4.23. The molecule has 0 radical (unpaired) electrons. The molecule has 3 rings (SSSR count). The van der Waals surface area contributed by atoms with E-state index in [0.29, 0.717) is 5.69 Å². The van der Waals surface area contributed by atoms with E-state index in [4.69, 9.17) is 0 Å². The van der Waals surface area contributed by atoms with E-state index in [2.05, 4.69) is 25.9 Å². The third-order valence-electron chi connectivity index (χ3n) is 2.71. The van der Waals surface area contributed by atoms with Crippen molar-refractivity contribution in [3.05, 3.63) is 44.5 Å². The lowest BCUT2D eigenvalue weighted by Gasteiger charge is -2.09. The first-order valence-electron chi connectivity index (χ1n) is 5.40. The standard InChI is InChI=1S/C11H6FN5O3/c12-6-2-1-4(3-5(6)11-14-16-17-15-11)13-7-8(18)10(20)9(7)19/h1-3,13,18H,(H,14,15,16,17). The van der Waals surface area contributed by atoms with Gasteiger partial charge in [0.05, 0.1) is 5.56 Å². The molecule has 0 atom stereocenters. The van der Waals surface area contributed by atoms with E-state index in [-0.39, 0.29) is 17.1 Å². The fourth-order valence-corrected chi connectivity index (χ4v) is 1.69. The summed E-state index contributed by atoms with van der Waals surface area (Å²) < 4.78 is 13.6. The van der Waals surface area contributed by atoms with Crippen LogP contribution in [0.3, 0.4) is 0 Å². The van der Waals surface area contributed by atoms with Crippen LogP contribution in [-0.4, -0.2) is 25.7 Å². The van der Waals surface area contributed by atoms with Gasteiger partial charge in [-0.3, -0.25) is 9.59 Å². The molecule has 0 aliphatic rings. The molecule has 100 valence electrons. The molecule has 1 aromatic heterocycles. The number of hydrogen-bond acceptors (Lipinski definition) is 7. The van der Waals surface area contributed by atoms with Gasteiger partial charge in [-0.15, -0.1) is 10.2 Å². The zero-order valence-electron chi connectivity index (χ0n) is 9.72. The zero-order chi connectivity index (χ0) is 14.3. The van der Waals surface area contributed by atoms with Gasteiger partial charge in [0.25, 0.3) is 10.9 Å². The van der Waals surface area contributed by atoms with Crippen molar-refractivity contribution in [3.8, 4) is 17.1 Å². The van der Waals surface area contributed by atoms with Crippen LogP contribution in [0, 0.1) is 5.82 Å². The fourth-order valence-electron chi connectivity index (χ4n) is 1.69. The molecular weight excluding hydrogens is 269 g/mol. The number of halogens is 1. The predicted octanol–water partition coefficient (Wildman–Crippen LogP) is 0.0510. The van der Waals surface area contributed by atoms with Gasteiger partial charge in [-0.2, -0.15) is 5.21 Å². The minimum absolute atomic E-state index is 0.0420. The SMILES string of the molecule is O=c1c(O)c(Nc2ccc(F)c(-c3nn[nH]n3)c2)c1=O. The highest BCUT2D eigenvalue weighted by Gasteiger charge is 2.20. The van der Waals surface area contributed by atoms with Gasteiger partial charge in [0.2, 0.25) is 5.82 Å². The Labute approximate surface area is 109 Å². The normalized spacial score (nSPS) is 10.8. The Morgan fingerprint density at radius 2 is 2.05 bits per heavy atom. The number of rotatable bonds is 3. The van der Waals surface area contributed by atoms with E-state index in [1.54, 1.807) is 0 Å². The molecule has 8 nitrogen and oxygen atoms in total. The maximum absolute atomic E-state index is 13.6. The molecule has 0 fully saturated rings. The molecular formula is C11H6FN5O3. The Morgan fingerprint density at radius 3 is 2.70 bits per heavy atom. The van der Waals surface area contributed by atoms with Crippen LogP contribution < -0.4 is 16.2 Å². The number of hydrogen-bond donors (Lipinski definition) is 3. The lowest BCUT2D eigenvalue weighted by atomic mass is 10.1. The molecule has 0 unspecified atom stereocenters. The summed E-state index contributed by atoms with van der Waals surface area (Å²) in [5.74, 6) is -1.17. The van der Waals surface area contributed by atoms with Crippen LogP contribution in [0.15, 0.2) is 27.8 Å². The number of anilines is 2. The largest absolute Gasteiger partial charge is 0.502 e. The quantitative estimate of drug-likeness (QED) is 0.577. The Bertz CT molecular complexity index is 852. The second-order valence-electron chi connectivity index (χ2n) is 3.94. The van der Waals surface area contributed by atoms with Crippen LogP contribution in [0.4, 0.5) is 15.8 Å². The summed E-state index contributed by atoms with van der Waals surface area (Å²) in [5, 5.41) is 24.6. The maximum atomic E-state index is 13.6. The minimum Gasteiger partial charge on any atom is -0.502 e. The average molecular weight is 275 g/mol. The van der Waals surface area contributed by atoms with Crippen LogP contribution in [0.5, 0.6) is 5.75 Å². The van der Waals surface area contributed by atoms with E-state index in [1.165, 1.54) is 12.1 Å². The topological polar surface area (TPSA) is 121 Å². The molecule has 0 saturated heterocycles. The summed E-state index contributed by atoms with van der Waals surface area (Å²) in [7, 11) is 0. The monoisotopic (exact) mass is 275 g/mol. The molecule has 0 aliphatic heterocycles. The van der Waals surface area contributed by atoms with Gasteiger partial charge in [0.1, 0.15) is 11.5 Å². The van der Waals surface area contributed by atoms with Crippen molar-refractivity contribution >= 4 is 11.4 Å². The van der Waals surface area contributed by atoms with Gasteiger partial charge in [0.15, 0.2) is 5.75 Å². The fraction of sp³-hybridized carbons (Fsp3) is 0. The summed E-state index contributed by atoms with van der Waals surface area (Å²) in [4.78, 5) is 22.1. The summed E-state index contributed by atoms with van der Waals surface area (Å²) in [6.07, 6.45) is 0. The molecule has 2 aromatic carbocycles. The number of nitrogens with zero attached hydrogens (tertiary/aromatic N) is 3. The van der Waals surface area contributed by atoms with E-state index in [9.17, 15) is 19.1 Å². The van der Waals surface area contributed by atoms with E-state index < -0.39 is 22.4 Å². The summed E-state index contributed by atoms with van der Waals surface area (Å²) in [6, 6.07) is 3.81. The minimum atomic E-state index is -0.951. The van der Waals surface area contributed by atoms with Crippen LogP contribution in [-0.2, 0) is 0 Å². The number of nitrogens with one attached hydrogen (secondary N) is 2. The number of aromatic amines is 1. The Morgan fingerprint density at radius 1 is 1.25 bits per heavy atom. The Balaban J connectivity index is 1.99. The van der Waals surface area contributed by atoms with Crippen molar-refractivity contribution in [2.75, 3.05) is 5.32 Å². The summed E-state index contributed by atoms with van der Waals surface area (Å²) >= 11 is 0. The number of aromatic nitrogens is 4. The number of aromatic hydroxyl groups is 1. The Kier molecular flexibility index (Phi) is 2.53. The third kappa shape index (κ3) is 1.72. The lowest BCUT2D eigenvalue weighted by Crippen LogP contribution is -2.32. The lowest BCUT2D eigenvalue weighted by molar-refractivity contribution is 0.466. The van der Waals surface area contributed by atoms with Gasteiger partial charge in [-0.25, -0.2) is 4.39 Å². The highest BCUT2D eigenvalue weighted by atomic mass is 19.1. The molecule has 3 N–H and O–H groups in total. The van der Waals surface area contributed by atoms with Crippen molar-refractivity contribution < 1.29 is 9.50 Å². The van der Waals surface area contributed by atoms with E-state index in [1.807, 2.05) is 0 Å². The van der Waals surface area contributed by atoms with Crippen molar-refractivity contribution in [1.29, 1.82) is 0 Å². The molecule has 20 heavy (non-hydrogen) atoms. The molecule has 9 heteroatoms. The van der Waals surface area contributed by atoms with Crippen LogP contribution in [0.25, 0.3) is 11.4 Å². The molecule has 0 saturated carbocycles. The van der Waals surface area contributed by atoms with Crippen LogP contribution in [0.2, 0.25) is 0 Å². The van der Waals surface area contributed by atoms with Gasteiger partial charge < -0.3 is 10.4 Å². The number of tetrazole rings is 1. The van der Waals surface area contributed by atoms with Crippen LogP contribution >= 0.6 is 0 Å². The molecule has 3 aromatic rings. The van der Waals surface area contributed by atoms with E-state index in [0.717, 1.165) is 6.07 Å². The van der Waals surface area contributed by atoms with Gasteiger partial charge in [0, 0.05) is 5.69 Å². The highest BCUT2D eigenvalue weighted by Crippen LogP contribution is 2.26. The first-order valence-corrected chi connectivity index (χ1v) is 5.40. The molecule has 0 amide bonds.